The van der Waals surface area contributed by atoms with Crippen LogP contribution in [0, 0.1) is 11.8 Å². The average Bonchev–Trinajstić information content (AvgIpc) is 2.48. The van der Waals surface area contributed by atoms with Gasteiger partial charge in [0.15, 0.2) is 0 Å². The number of hydrogen-bond acceptors (Lipinski definition) is 2. The minimum absolute atomic E-state index is 0.00573. The van der Waals surface area contributed by atoms with Gasteiger partial charge >= 0.3 is 6.18 Å². The van der Waals surface area contributed by atoms with Gasteiger partial charge in [0.2, 0.25) is 0 Å². The van der Waals surface area contributed by atoms with E-state index < -0.39 is 12.2 Å². The topological polar surface area (TPSA) is 15.6 Å². The number of rotatable bonds is 2. The minimum atomic E-state index is -4.15. The Morgan fingerprint density at radius 1 is 1.40 bits per heavy atom. The van der Waals surface area contributed by atoms with E-state index in [0.29, 0.717) is 18.4 Å². The average molecular weight is 220 g/mol. The van der Waals surface area contributed by atoms with E-state index in [1.54, 1.807) is 0 Å². The van der Waals surface area contributed by atoms with Crippen molar-refractivity contribution in [1.82, 2.24) is 5.01 Å². The van der Waals surface area contributed by atoms with Gasteiger partial charge in [0.05, 0.1) is 0 Å². The van der Waals surface area contributed by atoms with E-state index in [4.69, 9.17) is 0 Å². The third-order valence-corrected chi connectivity index (χ3v) is 3.21. The molecule has 2 nitrogen and oxygen atoms in total. The van der Waals surface area contributed by atoms with Crippen molar-refractivity contribution in [3.05, 3.63) is 0 Å². The third kappa shape index (κ3) is 2.26. The van der Waals surface area contributed by atoms with Crippen LogP contribution in [-0.2, 0) is 0 Å². The lowest BCUT2D eigenvalue weighted by Crippen LogP contribution is -2.43. The number of nitrogens with zero attached hydrogens (tertiary/aromatic N) is 2. The number of hydrazone groups is 1. The Hall–Kier alpha value is -0.740. The fraction of sp³-hybridized carbons (Fsp3) is 0.900. The fourth-order valence-corrected chi connectivity index (χ4v) is 2.41. The summed E-state index contributed by atoms with van der Waals surface area (Å²) < 4.78 is 37.6. The highest BCUT2D eigenvalue weighted by Gasteiger charge is 2.46. The first-order valence-corrected chi connectivity index (χ1v) is 5.32. The molecule has 0 aromatic carbocycles. The SMILES string of the molecule is C[C@H]1C[C@@H](CN2N=CCC2C(F)(F)F)C1. The van der Waals surface area contributed by atoms with Gasteiger partial charge in [-0.05, 0) is 24.7 Å². The maximum absolute atomic E-state index is 12.5. The van der Waals surface area contributed by atoms with Crippen molar-refractivity contribution in [3.63, 3.8) is 0 Å². The van der Waals surface area contributed by atoms with Crippen LogP contribution in [0.15, 0.2) is 5.10 Å². The van der Waals surface area contributed by atoms with Crippen molar-refractivity contribution >= 4 is 6.21 Å². The first kappa shape index (κ1) is 10.8. The Morgan fingerprint density at radius 3 is 2.60 bits per heavy atom. The molecule has 0 bridgehead atoms. The summed E-state index contributed by atoms with van der Waals surface area (Å²) in [6.45, 7) is 2.59. The zero-order valence-electron chi connectivity index (χ0n) is 8.67. The second-order valence-electron chi connectivity index (χ2n) is 4.66. The number of hydrogen-bond donors (Lipinski definition) is 0. The molecule has 1 heterocycles. The molecule has 15 heavy (non-hydrogen) atoms. The molecule has 0 N–H and O–H groups in total. The van der Waals surface area contributed by atoms with Crippen LogP contribution >= 0.6 is 0 Å². The Balaban J connectivity index is 1.88. The summed E-state index contributed by atoms with van der Waals surface area (Å²) in [5.74, 6) is 1.08. The molecular weight excluding hydrogens is 205 g/mol. The predicted molar refractivity (Wildman–Crippen MR) is 51.5 cm³/mol. The molecule has 2 rings (SSSR count). The number of alkyl halides is 3. The van der Waals surface area contributed by atoms with Crippen molar-refractivity contribution in [2.45, 2.75) is 38.4 Å². The van der Waals surface area contributed by atoms with E-state index in [9.17, 15) is 13.2 Å². The van der Waals surface area contributed by atoms with Gasteiger partial charge in [0.1, 0.15) is 6.04 Å². The van der Waals surface area contributed by atoms with Gasteiger partial charge in [-0.2, -0.15) is 18.3 Å². The van der Waals surface area contributed by atoms with Crippen molar-refractivity contribution in [1.29, 1.82) is 0 Å². The summed E-state index contributed by atoms with van der Waals surface area (Å²) in [7, 11) is 0. The van der Waals surface area contributed by atoms with Gasteiger partial charge in [-0.25, -0.2) is 0 Å². The molecule has 2 aliphatic rings. The molecule has 0 spiro atoms. The first-order valence-electron chi connectivity index (χ1n) is 5.32. The van der Waals surface area contributed by atoms with Crippen LogP contribution < -0.4 is 0 Å². The standard InChI is InChI=1S/C10H15F3N2/c1-7-4-8(5-7)6-15-9(2-3-14-15)10(11,12)13/h3,7-9H,2,4-6H2,1H3/t7-,8+,9?. The van der Waals surface area contributed by atoms with E-state index in [1.165, 1.54) is 11.2 Å². The van der Waals surface area contributed by atoms with Gasteiger partial charge in [-0.15, -0.1) is 0 Å². The molecule has 0 saturated heterocycles. The quantitative estimate of drug-likeness (QED) is 0.698. The van der Waals surface area contributed by atoms with Crippen molar-refractivity contribution in [2.75, 3.05) is 6.54 Å². The van der Waals surface area contributed by atoms with Gasteiger partial charge in [-0.1, -0.05) is 6.92 Å². The maximum atomic E-state index is 12.5. The molecule has 1 unspecified atom stereocenters. The second kappa shape index (κ2) is 3.68. The van der Waals surface area contributed by atoms with E-state index in [1.807, 2.05) is 0 Å². The largest absolute Gasteiger partial charge is 0.410 e. The third-order valence-electron chi connectivity index (χ3n) is 3.21. The summed E-state index contributed by atoms with van der Waals surface area (Å²) in [6, 6.07) is -1.38. The summed E-state index contributed by atoms with van der Waals surface area (Å²) in [4.78, 5) is 0. The molecule has 0 amide bonds. The molecule has 1 aliphatic carbocycles. The molecule has 1 atom stereocenters. The predicted octanol–water partition coefficient (Wildman–Crippen LogP) is 2.65. The summed E-state index contributed by atoms with van der Waals surface area (Å²) >= 11 is 0. The molecule has 1 aliphatic heterocycles. The van der Waals surface area contributed by atoms with E-state index in [0.717, 1.165) is 12.8 Å². The van der Waals surface area contributed by atoms with Crippen molar-refractivity contribution in [2.24, 2.45) is 16.9 Å². The molecule has 5 heteroatoms. The zero-order chi connectivity index (χ0) is 11.1. The van der Waals surface area contributed by atoms with Crippen LogP contribution in [0.5, 0.6) is 0 Å². The van der Waals surface area contributed by atoms with Crippen LogP contribution in [0.1, 0.15) is 26.2 Å². The molecule has 0 aromatic heterocycles. The lowest BCUT2D eigenvalue weighted by Gasteiger charge is -2.37. The van der Waals surface area contributed by atoms with Gasteiger partial charge in [0, 0.05) is 19.2 Å². The van der Waals surface area contributed by atoms with E-state index in [-0.39, 0.29) is 6.42 Å². The van der Waals surface area contributed by atoms with E-state index in [2.05, 4.69) is 12.0 Å². The summed E-state index contributed by atoms with van der Waals surface area (Å²) in [5, 5.41) is 5.04. The maximum Gasteiger partial charge on any atom is 0.410 e. The molecule has 86 valence electrons. The Kier molecular flexibility index (Phi) is 2.64. The molecule has 1 saturated carbocycles. The van der Waals surface area contributed by atoms with Gasteiger partial charge < -0.3 is 0 Å². The highest BCUT2D eigenvalue weighted by Crippen LogP contribution is 2.37. The Bertz CT molecular complexity index is 256. The summed E-state index contributed by atoms with van der Waals surface area (Å²) in [6.07, 6.45) is -0.689. The second-order valence-corrected chi connectivity index (χ2v) is 4.66. The zero-order valence-corrected chi connectivity index (χ0v) is 8.67. The highest BCUT2D eigenvalue weighted by molar-refractivity contribution is 5.60. The molecular formula is C10H15F3N2. The van der Waals surface area contributed by atoms with Crippen LogP contribution in [0.4, 0.5) is 13.2 Å². The van der Waals surface area contributed by atoms with Crippen LogP contribution in [-0.4, -0.2) is 30.0 Å². The van der Waals surface area contributed by atoms with Crippen LogP contribution in [0.3, 0.4) is 0 Å². The summed E-state index contributed by atoms with van der Waals surface area (Å²) in [5.41, 5.74) is 0. The van der Waals surface area contributed by atoms with E-state index >= 15 is 0 Å². The smallest absolute Gasteiger partial charge is 0.284 e. The minimum Gasteiger partial charge on any atom is -0.284 e. The lowest BCUT2D eigenvalue weighted by molar-refractivity contribution is -0.180. The Morgan fingerprint density at radius 2 is 2.07 bits per heavy atom. The first-order chi connectivity index (χ1) is 6.97. The number of halogens is 3. The lowest BCUT2D eigenvalue weighted by atomic mass is 9.76. The monoisotopic (exact) mass is 220 g/mol. The van der Waals surface area contributed by atoms with Crippen molar-refractivity contribution in [3.8, 4) is 0 Å². The van der Waals surface area contributed by atoms with Gasteiger partial charge in [0.25, 0.3) is 0 Å². The van der Waals surface area contributed by atoms with Crippen molar-refractivity contribution < 1.29 is 13.2 Å². The fourth-order valence-electron chi connectivity index (χ4n) is 2.41. The highest BCUT2D eigenvalue weighted by atomic mass is 19.4. The van der Waals surface area contributed by atoms with Crippen LogP contribution in [0.2, 0.25) is 0 Å². The molecule has 0 radical (unpaired) electrons. The molecule has 1 fully saturated rings. The molecule has 0 aromatic rings. The van der Waals surface area contributed by atoms with Crippen LogP contribution in [0.25, 0.3) is 0 Å². The normalized spacial score (nSPS) is 35.7. The van der Waals surface area contributed by atoms with Gasteiger partial charge in [-0.3, -0.25) is 5.01 Å². The Labute approximate surface area is 87.1 Å².